The normalized spacial score (nSPS) is 15.2. The van der Waals surface area contributed by atoms with E-state index in [1.165, 1.54) is 5.56 Å². The zero-order valence-corrected chi connectivity index (χ0v) is 12.2. The molecule has 1 aromatic heterocycles. The molecule has 2 heterocycles. The van der Waals surface area contributed by atoms with Crippen molar-refractivity contribution in [2.75, 3.05) is 31.6 Å². The molecule has 0 unspecified atom stereocenters. The van der Waals surface area contributed by atoms with E-state index in [9.17, 15) is 0 Å². The van der Waals surface area contributed by atoms with E-state index in [0.29, 0.717) is 11.5 Å². The molecule has 1 saturated heterocycles. The Labute approximate surface area is 129 Å². The average molecular weight is 295 g/mol. The van der Waals surface area contributed by atoms with Crippen LogP contribution in [-0.2, 0) is 11.3 Å². The number of hydrogen-bond acceptors (Lipinski definition) is 6. The van der Waals surface area contributed by atoms with Crippen LogP contribution in [0.15, 0.2) is 36.4 Å². The number of benzene rings is 1. The van der Waals surface area contributed by atoms with Crippen LogP contribution >= 0.6 is 0 Å². The van der Waals surface area contributed by atoms with Crippen molar-refractivity contribution >= 4 is 11.5 Å². The predicted octanol–water partition coefficient (Wildman–Crippen LogP) is 1.92. The molecule has 1 N–H and O–H groups in total. The zero-order valence-electron chi connectivity index (χ0n) is 12.2. The molecule has 0 atom stereocenters. The molecule has 1 aliphatic heterocycles. The zero-order chi connectivity index (χ0) is 15.2. The lowest BCUT2D eigenvalue weighted by Gasteiger charge is -2.26. The van der Waals surface area contributed by atoms with Gasteiger partial charge in [0.05, 0.1) is 13.2 Å². The van der Waals surface area contributed by atoms with Gasteiger partial charge in [-0.05, 0) is 29.8 Å². The van der Waals surface area contributed by atoms with E-state index in [4.69, 9.17) is 10.00 Å². The highest BCUT2D eigenvalue weighted by Gasteiger charge is 2.10. The third-order valence-electron chi connectivity index (χ3n) is 3.52. The number of nitrogens with one attached hydrogen (secondary N) is 1. The summed E-state index contributed by atoms with van der Waals surface area (Å²) in [6, 6.07) is 13.6. The molecule has 0 bridgehead atoms. The Hall–Kier alpha value is -2.49. The maximum absolute atomic E-state index is 8.70. The molecule has 0 amide bonds. The Morgan fingerprint density at radius 1 is 1.09 bits per heavy atom. The number of aromatic nitrogens is 2. The lowest BCUT2D eigenvalue weighted by Crippen LogP contribution is -2.35. The van der Waals surface area contributed by atoms with Crippen LogP contribution in [0, 0.1) is 11.3 Å². The van der Waals surface area contributed by atoms with E-state index < -0.39 is 0 Å². The van der Waals surface area contributed by atoms with Crippen LogP contribution in [0.2, 0.25) is 0 Å². The Balaban J connectivity index is 1.59. The molecular weight excluding hydrogens is 278 g/mol. The van der Waals surface area contributed by atoms with E-state index in [1.54, 1.807) is 12.1 Å². The fraction of sp³-hybridized carbons (Fsp3) is 0.312. The highest BCUT2D eigenvalue weighted by atomic mass is 16.5. The first kappa shape index (κ1) is 14.4. The van der Waals surface area contributed by atoms with Gasteiger partial charge in [0.15, 0.2) is 11.5 Å². The van der Waals surface area contributed by atoms with Crippen molar-refractivity contribution in [3.63, 3.8) is 0 Å². The van der Waals surface area contributed by atoms with Gasteiger partial charge in [-0.3, -0.25) is 4.90 Å². The number of nitriles is 1. The monoisotopic (exact) mass is 295 g/mol. The SMILES string of the molecule is N#Cc1ccc(Nc2ccc(CN3CCOCC3)cc2)nn1. The first-order chi connectivity index (χ1) is 10.8. The van der Waals surface area contributed by atoms with Gasteiger partial charge in [0.1, 0.15) is 6.07 Å². The van der Waals surface area contributed by atoms with Gasteiger partial charge in [0.25, 0.3) is 0 Å². The van der Waals surface area contributed by atoms with Crippen molar-refractivity contribution in [2.24, 2.45) is 0 Å². The van der Waals surface area contributed by atoms with Crippen molar-refractivity contribution in [1.29, 1.82) is 5.26 Å². The fourth-order valence-corrected chi connectivity index (χ4v) is 2.32. The summed E-state index contributed by atoms with van der Waals surface area (Å²) in [5.74, 6) is 0.625. The number of rotatable bonds is 4. The number of ether oxygens (including phenoxy) is 1. The van der Waals surface area contributed by atoms with Gasteiger partial charge in [-0.15, -0.1) is 10.2 Å². The Bertz CT molecular complexity index is 642. The molecule has 2 aromatic rings. The smallest absolute Gasteiger partial charge is 0.163 e. The fourth-order valence-electron chi connectivity index (χ4n) is 2.32. The first-order valence-corrected chi connectivity index (χ1v) is 7.23. The van der Waals surface area contributed by atoms with Crippen LogP contribution in [0.1, 0.15) is 11.3 Å². The van der Waals surface area contributed by atoms with Gasteiger partial charge in [-0.1, -0.05) is 12.1 Å². The minimum Gasteiger partial charge on any atom is -0.379 e. The lowest BCUT2D eigenvalue weighted by atomic mass is 10.2. The van der Waals surface area contributed by atoms with Crippen LogP contribution in [0.4, 0.5) is 11.5 Å². The van der Waals surface area contributed by atoms with Gasteiger partial charge >= 0.3 is 0 Å². The van der Waals surface area contributed by atoms with Gasteiger partial charge in [-0.2, -0.15) is 5.26 Å². The first-order valence-electron chi connectivity index (χ1n) is 7.23. The van der Waals surface area contributed by atoms with Crippen molar-refractivity contribution < 1.29 is 4.74 Å². The molecule has 0 aliphatic carbocycles. The average Bonchev–Trinajstić information content (AvgIpc) is 2.58. The second-order valence-corrected chi connectivity index (χ2v) is 5.13. The molecule has 1 aromatic carbocycles. The molecular formula is C16H17N5O. The summed E-state index contributed by atoms with van der Waals surface area (Å²) in [7, 11) is 0. The Morgan fingerprint density at radius 3 is 2.50 bits per heavy atom. The second kappa shape index (κ2) is 6.98. The van der Waals surface area contributed by atoms with Crippen molar-refractivity contribution in [2.45, 2.75) is 6.54 Å². The summed E-state index contributed by atoms with van der Waals surface area (Å²) in [6.07, 6.45) is 0. The molecule has 3 rings (SSSR count). The third kappa shape index (κ3) is 3.79. The number of hydrogen-bond donors (Lipinski definition) is 1. The minimum absolute atomic E-state index is 0.311. The molecule has 22 heavy (non-hydrogen) atoms. The molecule has 112 valence electrons. The van der Waals surface area contributed by atoms with Crippen LogP contribution in [0.5, 0.6) is 0 Å². The van der Waals surface area contributed by atoms with Crippen LogP contribution in [-0.4, -0.2) is 41.4 Å². The summed E-state index contributed by atoms with van der Waals surface area (Å²) in [6.45, 7) is 4.55. The summed E-state index contributed by atoms with van der Waals surface area (Å²) in [5, 5.41) is 19.6. The topological polar surface area (TPSA) is 74.1 Å². The van der Waals surface area contributed by atoms with E-state index in [-0.39, 0.29) is 0 Å². The minimum atomic E-state index is 0.311. The van der Waals surface area contributed by atoms with Crippen molar-refractivity contribution in [3.8, 4) is 6.07 Å². The second-order valence-electron chi connectivity index (χ2n) is 5.13. The van der Waals surface area contributed by atoms with Crippen LogP contribution < -0.4 is 5.32 Å². The summed E-state index contributed by atoms with van der Waals surface area (Å²) in [4.78, 5) is 2.39. The van der Waals surface area contributed by atoms with E-state index >= 15 is 0 Å². The Kier molecular flexibility index (Phi) is 4.59. The third-order valence-corrected chi connectivity index (χ3v) is 3.52. The molecule has 1 fully saturated rings. The van der Waals surface area contributed by atoms with E-state index in [2.05, 4.69) is 32.5 Å². The van der Waals surface area contributed by atoms with Gasteiger partial charge in [0, 0.05) is 25.3 Å². The van der Waals surface area contributed by atoms with E-state index in [1.807, 2.05) is 18.2 Å². The largest absolute Gasteiger partial charge is 0.379 e. The predicted molar refractivity (Wildman–Crippen MR) is 82.6 cm³/mol. The van der Waals surface area contributed by atoms with E-state index in [0.717, 1.165) is 38.5 Å². The van der Waals surface area contributed by atoms with Crippen molar-refractivity contribution in [1.82, 2.24) is 15.1 Å². The van der Waals surface area contributed by atoms with Crippen LogP contribution in [0.3, 0.4) is 0 Å². The summed E-state index contributed by atoms with van der Waals surface area (Å²) in [5.41, 5.74) is 2.54. The molecule has 1 aliphatic rings. The molecule has 0 spiro atoms. The maximum Gasteiger partial charge on any atom is 0.163 e. The van der Waals surface area contributed by atoms with Crippen LogP contribution in [0.25, 0.3) is 0 Å². The van der Waals surface area contributed by atoms with Gasteiger partial charge in [-0.25, -0.2) is 0 Å². The number of anilines is 2. The quantitative estimate of drug-likeness (QED) is 0.929. The van der Waals surface area contributed by atoms with Crippen molar-refractivity contribution in [3.05, 3.63) is 47.7 Å². The summed E-state index contributed by atoms with van der Waals surface area (Å²) < 4.78 is 5.35. The lowest BCUT2D eigenvalue weighted by molar-refractivity contribution is 0.0342. The van der Waals surface area contributed by atoms with Gasteiger partial charge in [0.2, 0.25) is 0 Å². The molecule has 6 nitrogen and oxygen atoms in total. The van der Waals surface area contributed by atoms with Gasteiger partial charge < -0.3 is 10.1 Å². The summed E-state index contributed by atoms with van der Waals surface area (Å²) >= 11 is 0. The Morgan fingerprint density at radius 2 is 1.86 bits per heavy atom. The highest BCUT2D eigenvalue weighted by Crippen LogP contribution is 2.16. The maximum atomic E-state index is 8.70. The molecule has 6 heteroatoms. The number of nitrogens with zero attached hydrogens (tertiary/aromatic N) is 4. The highest BCUT2D eigenvalue weighted by molar-refractivity contribution is 5.56. The number of morpholine rings is 1. The molecule has 0 radical (unpaired) electrons. The standard InChI is InChI=1S/C16H17N5O/c17-11-15-5-6-16(20-19-15)18-14-3-1-13(2-4-14)12-21-7-9-22-10-8-21/h1-6H,7-10,12H2,(H,18,20). The molecule has 0 saturated carbocycles.